The van der Waals surface area contributed by atoms with Crippen molar-refractivity contribution < 1.29 is 9.53 Å². The summed E-state index contributed by atoms with van der Waals surface area (Å²) in [7, 11) is 0. The van der Waals surface area contributed by atoms with Crippen molar-refractivity contribution >= 4 is 18.1 Å². The molecule has 1 saturated carbocycles. The van der Waals surface area contributed by atoms with E-state index in [-0.39, 0.29) is 11.9 Å². The molecule has 2 N–H and O–H groups in total. The number of esters is 1. The first-order valence-electron chi connectivity index (χ1n) is 6.79. The van der Waals surface area contributed by atoms with Crippen molar-refractivity contribution in [3.05, 3.63) is 41.7 Å². The molecule has 0 saturated heterocycles. The summed E-state index contributed by atoms with van der Waals surface area (Å²) in [5.41, 5.74) is 7.39. The van der Waals surface area contributed by atoms with Gasteiger partial charge >= 0.3 is 5.97 Å². The zero-order chi connectivity index (χ0) is 14.8. The van der Waals surface area contributed by atoms with Crippen LogP contribution in [-0.2, 0) is 4.79 Å². The van der Waals surface area contributed by atoms with E-state index < -0.39 is 0 Å². The number of anilines is 1. The van der Waals surface area contributed by atoms with Crippen LogP contribution < -0.4 is 10.5 Å². The molecule has 2 aromatic rings. The number of aromatic nitrogens is 2. The highest BCUT2D eigenvalue weighted by atomic mass is 16.5. The molecule has 1 fully saturated rings. The first-order chi connectivity index (χ1) is 10.1. The van der Waals surface area contributed by atoms with Crippen molar-refractivity contribution in [2.75, 3.05) is 5.73 Å². The fourth-order valence-corrected chi connectivity index (χ4v) is 1.87. The maximum Gasteiger partial charge on any atom is 0.314 e. The highest BCUT2D eigenvalue weighted by Crippen LogP contribution is 2.30. The normalized spacial score (nSPS) is 14.5. The molecule has 1 aromatic heterocycles. The van der Waals surface area contributed by atoms with Gasteiger partial charge in [-0.05, 0) is 49.6 Å². The third-order valence-electron chi connectivity index (χ3n) is 3.18. The summed E-state index contributed by atoms with van der Waals surface area (Å²) in [4.78, 5) is 15.6. The van der Waals surface area contributed by atoms with Crippen LogP contribution in [0.2, 0.25) is 0 Å². The van der Waals surface area contributed by atoms with Crippen LogP contribution in [0.4, 0.5) is 5.95 Å². The number of imidazole rings is 1. The third kappa shape index (κ3) is 3.28. The fourth-order valence-electron chi connectivity index (χ4n) is 1.87. The van der Waals surface area contributed by atoms with Gasteiger partial charge in [0.15, 0.2) is 0 Å². The Hall–Kier alpha value is -2.63. The largest absolute Gasteiger partial charge is 0.426 e. The Kier molecular flexibility index (Phi) is 3.43. The van der Waals surface area contributed by atoms with E-state index in [0.717, 1.165) is 24.1 Å². The number of nitrogen functional groups attached to an aromatic ring is 1. The van der Waals surface area contributed by atoms with Crippen LogP contribution in [0.3, 0.4) is 0 Å². The SMILES string of the molecule is Cc1cn(N=Cc2ccc(OC(=O)C3CC3)cc2)c(N)n1. The maximum atomic E-state index is 11.5. The topological polar surface area (TPSA) is 82.5 Å². The van der Waals surface area contributed by atoms with Crippen LogP contribution in [0, 0.1) is 12.8 Å². The number of ether oxygens (including phenoxy) is 1. The minimum Gasteiger partial charge on any atom is -0.426 e. The van der Waals surface area contributed by atoms with Gasteiger partial charge in [0.1, 0.15) is 5.75 Å². The first kappa shape index (κ1) is 13.4. The van der Waals surface area contributed by atoms with Gasteiger partial charge in [0.2, 0.25) is 5.95 Å². The molecule has 1 aliphatic carbocycles. The van der Waals surface area contributed by atoms with Crippen molar-refractivity contribution in [3.63, 3.8) is 0 Å². The number of carbonyl (C=O) groups is 1. The molecule has 6 nitrogen and oxygen atoms in total. The standard InChI is InChI=1S/C15H16N4O2/c1-10-9-19(15(16)18-10)17-8-11-2-6-13(7-3-11)21-14(20)12-4-5-12/h2-3,6-9,12H,4-5H2,1H3,(H2,16,18). The molecule has 3 rings (SSSR count). The molecule has 0 aliphatic heterocycles. The van der Waals surface area contributed by atoms with Gasteiger partial charge in [0, 0.05) is 0 Å². The van der Waals surface area contributed by atoms with E-state index in [1.54, 1.807) is 24.5 Å². The zero-order valence-corrected chi connectivity index (χ0v) is 11.7. The molecule has 1 aromatic carbocycles. The smallest absolute Gasteiger partial charge is 0.314 e. The summed E-state index contributed by atoms with van der Waals surface area (Å²) in [6.45, 7) is 1.85. The van der Waals surface area contributed by atoms with E-state index in [2.05, 4.69) is 10.1 Å². The molecule has 108 valence electrons. The summed E-state index contributed by atoms with van der Waals surface area (Å²) >= 11 is 0. The second-order valence-electron chi connectivity index (χ2n) is 5.09. The average Bonchev–Trinajstić information content (AvgIpc) is 3.25. The van der Waals surface area contributed by atoms with Gasteiger partial charge in [-0.3, -0.25) is 4.79 Å². The highest BCUT2D eigenvalue weighted by molar-refractivity contribution is 5.80. The van der Waals surface area contributed by atoms with E-state index in [4.69, 9.17) is 10.5 Å². The second kappa shape index (κ2) is 5.40. The highest BCUT2D eigenvalue weighted by Gasteiger charge is 2.31. The summed E-state index contributed by atoms with van der Waals surface area (Å²) in [5.74, 6) is 0.859. The van der Waals surface area contributed by atoms with Crippen LogP contribution in [-0.4, -0.2) is 21.8 Å². The molecule has 1 aliphatic rings. The molecular weight excluding hydrogens is 268 g/mol. The van der Waals surface area contributed by atoms with Crippen molar-refractivity contribution in [2.24, 2.45) is 11.0 Å². The lowest BCUT2D eigenvalue weighted by molar-refractivity contribution is -0.135. The van der Waals surface area contributed by atoms with Crippen LogP contribution in [0.15, 0.2) is 35.6 Å². The maximum absolute atomic E-state index is 11.5. The Morgan fingerprint density at radius 2 is 2.14 bits per heavy atom. The van der Waals surface area contributed by atoms with Gasteiger partial charge in [-0.25, -0.2) is 9.66 Å². The van der Waals surface area contributed by atoms with Crippen LogP contribution >= 0.6 is 0 Å². The van der Waals surface area contributed by atoms with Gasteiger partial charge in [-0.1, -0.05) is 0 Å². The minimum atomic E-state index is -0.141. The number of nitrogens with two attached hydrogens (primary N) is 1. The number of benzene rings is 1. The second-order valence-corrected chi connectivity index (χ2v) is 5.09. The van der Waals surface area contributed by atoms with Gasteiger partial charge in [0.05, 0.1) is 24.0 Å². The number of nitrogens with zero attached hydrogens (tertiary/aromatic N) is 3. The lowest BCUT2D eigenvalue weighted by Crippen LogP contribution is -2.09. The van der Waals surface area contributed by atoms with Crippen LogP contribution in [0.25, 0.3) is 0 Å². The zero-order valence-electron chi connectivity index (χ0n) is 11.7. The molecule has 0 unspecified atom stereocenters. The van der Waals surface area contributed by atoms with E-state index in [1.807, 2.05) is 19.1 Å². The summed E-state index contributed by atoms with van der Waals surface area (Å²) in [6.07, 6.45) is 5.30. The Morgan fingerprint density at radius 3 is 2.71 bits per heavy atom. The Labute approximate surface area is 122 Å². The van der Waals surface area contributed by atoms with Gasteiger partial charge in [-0.2, -0.15) is 5.10 Å². The average molecular weight is 284 g/mol. The Morgan fingerprint density at radius 1 is 1.43 bits per heavy atom. The van der Waals surface area contributed by atoms with Crippen molar-refractivity contribution in [1.82, 2.24) is 9.66 Å². The van der Waals surface area contributed by atoms with E-state index in [1.165, 1.54) is 4.68 Å². The van der Waals surface area contributed by atoms with Crippen molar-refractivity contribution in [3.8, 4) is 5.75 Å². The molecule has 0 atom stereocenters. The monoisotopic (exact) mass is 284 g/mol. The predicted octanol–water partition coefficient (Wildman–Crippen LogP) is 1.97. The molecule has 0 bridgehead atoms. The molecule has 0 radical (unpaired) electrons. The van der Waals surface area contributed by atoms with Crippen molar-refractivity contribution in [1.29, 1.82) is 0 Å². The third-order valence-corrected chi connectivity index (χ3v) is 3.18. The molecule has 0 spiro atoms. The number of carbonyl (C=O) groups excluding carboxylic acids is 1. The number of rotatable bonds is 4. The molecule has 6 heteroatoms. The fraction of sp³-hybridized carbons (Fsp3) is 0.267. The summed E-state index contributed by atoms with van der Waals surface area (Å²) in [6, 6.07) is 7.17. The van der Waals surface area contributed by atoms with E-state index in [0.29, 0.717) is 11.7 Å². The molecular formula is C15H16N4O2. The first-order valence-corrected chi connectivity index (χ1v) is 6.79. The number of hydrogen-bond donors (Lipinski definition) is 1. The molecule has 0 amide bonds. The van der Waals surface area contributed by atoms with Gasteiger partial charge < -0.3 is 10.5 Å². The van der Waals surface area contributed by atoms with E-state index in [9.17, 15) is 4.79 Å². The quantitative estimate of drug-likeness (QED) is 0.528. The number of aryl methyl sites for hydroxylation is 1. The Balaban J connectivity index is 1.66. The van der Waals surface area contributed by atoms with Gasteiger partial charge in [-0.15, -0.1) is 0 Å². The molecule has 1 heterocycles. The summed E-state index contributed by atoms with van der Waals surface area (Å²) < 4.78 is 6.77. The number of hydrogen-bond acceptors (Lipinski definition) is 5. The predicted molar refractivity (Wildman–Crippen MR) is 79.2 cm³/mol. The summed E-state index contributed by atoms with van der Waals surface area (Å²) in [5, 5.41) is 4.22. The minimum absolute atomic E-state index is 0.0960. The molecule has 21 heavy (non-hydrogen) atoms. The van der Waals surface area contributed by atoms with Crippen LogP contribution in [0.1, 0.15) is 24.1 Å². The lowest BCUT2D eigenvalue weighted by Gasteiger charge is -2.03. The lowest BCUT2D eigenvalue weighted by atomic mass is 10.2. The van der Waals surface area contributed by atoms with Crippen molar-refractivity contribution in [2.45, 2.75) is 19.8 Å². The van der Waals surface area contributed by atoms with Gasteiger partial charge in [0.25, 0.3) is 0 Å². The van der Waals surface area contributed by atoms with E-state index >= 15 is 0 Å². The van der Waals surface area contributed by atoms with Crippen LogP contribution in [0.5, 0.6) is 5.75 Å². The Bertz CT molecular complexity index is 684.